The minimum absolute atomic E-state index is 0. The van der Waals surface area contributed by atoms with E-state index in [1.54, 1.807) is 29.0 Å². The van der Waals surface area contributed by atoms with Crippen LogP contribution in [0.2, 0.25) is 0 Å². The van der Waals surface area contributed by atoms with Crippen molar-refractivity contribution in [1.29, 1.82) is 0 Å². The van der Waals surface area contributed by atoms with Gasteiger partial charge >= 0.3 is 0 Å². The summed E-state index contributed by atoms with van der Waals surface area (Å²) in [6.45, 7) is -0.338. The number of benzene rings is 5. The third-order valence-corrected chi connectivity index (χ3v) is 8.67. The van der Waals surface area contributed by atoms with Gasteiger partial charge in [0.2, 0.25) is 12.1 Å². The van der Waals surface area contributed by atoms with E-state index in [9.17, 15) is 0 Å². The van der Waals surface area contributed by atoms with Crippen molar-refractivity contribution in [2.75, 3.05) is 0 Å². The number of aromatic nitrogens is 6. The van der Waals surface area contributed by atoms with E-state index in [0.29, 0.717) is 45.4 Å². The van der Waals surface area contributed by atoms with Crippen molar-refractivity contribution in [1.82, 2.24) is 23.5 Å². The fourth-order valence-electron chi connectivity index (χ4n) is 6.52. The summed E-state index contributed by atoms with van der Waals surface area (Å²) in [6, 6.07) is 39.5. The van der Waals surface area contributed by atoms with E-state index >= 15 is 0 Å². The van der Waals surface area contributed by atoms with Gasteiger partial charge in [0.1, 0.15) is 11.4 Å². The molecule has 0 saturated heterocycles. The van der Waals surface area contributed by atoms with Gasteiger partial charge in [-0.2, -0.15) is 12.1 Å². The van der Waals surface area contributed by atoms with E-state index in [1.807, 2.05) is 77.4 Å². The summed E-state index contributed by atoms with van der Waals surface area (Å²) in [6.07, 6.45) is 4.74. The molecule has 0 aliphatic carbocycles. The van der Waals surface area contributed by atoms with Crippen LogP contribution >= 0.6 is 0 Å². The molecule has 0 radical (unpaired) electrons. The number of ether oxygens (including phenoxy) is 1. The number of furan rings is 1. The molecule has 5 heterocycles. The largest absolute Gasteiger partial charge is 0.510 e. The first kappa shape index (κ1) is 25.4. The number of para-hydroxylation sites is 4. The molecule has 8 nitrogen and oxygen atoms in total. The molecule has 5 aromatic carbocycles. The van der Waals surface area contributed by atoms with Crippen molar-refractivity contribution in [3.8, 4) is 23.0 Å². The number of imidazole rings is 3. The Hall–Kier alpha value is -5.72. The maximum atomic E-state index is 8.01. The van der Waals surface area contributed by atoms with E-state index < -0.39 is 6.98 Å². The van der Waals surface area contributed by atoms with Crippen molar-refractivity contribution >= 4 is 60.8 Å². The van der Waals surface area contributed by atoms with E-state index in [1.165, 1.54) is 4.57 Å². The van der Waals surface area contributed by atoms with Gasteiger partial charge in [-0.25, -0.2) is 9.97 Å². The molecule has 0 aliphatic heterocycles. The third-order valence-electron chi connectivity index (χ3n) is 8.67. The van der Waals surface area contributed by atoms with Crippen molar-refractivity contribution in [2.24, 2.45) is 6.98 Å². The minimum atomic E-state index is -2.40. The molecule has 234 valence electrons. The number of aryl methyl sites for hydroxylation is 2. The van der Waals surface area contributed by atoms with Crippen LogP contribution in [0, 0.1) is 25.4 Å². The van der Waals surface area contributed by atoms with Crippen molar-refractivity contribution in [3.63, 3.8) is 0 Å². The maximum absolute atomic E-state index is 8.01. The number of pyridine rings is 1. The SMILES string of the molecule is [2H]C([2H])([2H])[n+]1[c-]n(-c2[c-]c(Oc3[c-]c4c(cc3)n3c5cccc(C)c5nc3n4-c3cc4c(cn3)oc3ccccc34)ccc2)c2ccccc21.[Pt]. The molecule has 0 saturated carbocycles. The van der Waals surface area contributed by atoms with Crippen LogP contribution < -0.4 is 9.30 Å². The second kappa shape index (κ2) is 10.7. The summed E-state index contributed by atoms with van der Waals surface area (Å²) >= 11 is 0. The summed E-state index contributed by atoms with van der Waals surface area (Å²) in [5.74, 6) is 2.25. The number of fused-ring (bicyclic) bond motifs is 9. The molecule has 5 aromatic heterocycles. The zero-order chi connectivity index (χ0) is 33.7. The number of hydrogen-bond acceptors (Lipinski definition) is 4. The monoisotopic (exact) mass is 806 g/mol. The molecule has 0 fully saturated rings. The van der Waals surface area contributed by atoms with Crippen LogP contribution in [-0.4, -0.2) is 23.5 Å². The first-order valence-electron chi connectivity index (χ1n) is 16.6. The second-order valence-corrected chi connectivity index (χ2v) is 11.5. The van der Waals surface area contributed by atoms with E-state index in [2.05, 4.69) is 41.9 Å². The molecule has 0 N–H and O–H groups in total. The van der Waals surface area contributed by atoms with E-state index in [0.717, 1.165) is 44.0 Å². The van der Waals surface area contributed by atoms with E-state index in [-0.39, 0.29) is 21.1 Å². The molecule has 0 bridgehead atoms. The molecule has 10 rings (SSSR count). The van der Waals surface area contributed by atoms with Gasteiger partial charge in [0.25, 0.3) is 0 Å². The standard InChI is InChI=1S/C39H24N6O2.Pt/c1-24-9-7-15-33-38(24)41-39-44(33)32-18-17-27(46-26-11-8-10-25(19-26)43-23-42(2)30-13-4-5-14-31(30)43)20-34(32)45(39)37-21-29-28-12-3-6-16-35(28)47-36(29)22-40-37;/h3-18,21-22H,1-2H3;/q-2;/i2D3;. The summed E-state index contributed by atoms with van der Waals surface area (Å²) in [7, 11) is 0. The Morgan fingerprint density at radius 2 is 1.65 bits per heavy atom. The first-order valence-corrected chi connectivity index (χ1v) is 15.1. The zero-order valence-electron chi connectivity index (χ0n) is 28.2. The number of hydrogen-bond donors (Lipinski definition) is 0. The summed E-state index contributed by atoms with van der Waals surface area (Å²) in [5.41, 5.74) is 7.88. The van der Waals surface area contributed by atoms with E-state index in [4.69, 9.17) is 23.2 Å². The number of rotatable bonds is 4. The Morgan fingerprint density at radius 1 is 0.812 bits per heavy atom. The molecule has 0 amide bonds. The fraction of sp³-hybridized carbons (Fsp3) is 0.0513. The van der Waals surface area contributed by atoms with Crippen LogP contribution in [0.25, 0.3) is 72.3 Å². The van der Waals surface area contributed by atoms with Crippen LogP contribution in [0.3, 0.4) is 0 Å². The predicted molar refractivity (Wildman–Crippen MR) is 180 cm³/mol. The summed E-state index contributed by atoms with van der Waals surface area (Å²) < 4.78 is 43.5. The van der Waals surface area contributed by atoms with Gasteiger partial charge in [0.15, 0.2) is 5.58 Å². The van der Waals surface area contributed by atoms with Gasteiger partial charge in [0, 0.05) is 43.3 Å². The van der Waals surface area contributed by atoms with Gasteiger partial charge in [0.05, 0.1) is 39.4 Å². The van der Waals surface area contributed by atoms with Crippen LogP contribution in [0.1, 0.15) is 9.68 Å². The second-order valence-electron chi connectivity index (χ2n) is 11.5. The van der Waals surface area contributed by atoms with Gasteiger partial charge in [-0.3, -0.25) is 4.57 Å². The summed E-state index contributed by atoms with van der Waals surface area (Å²) in [5, 5.41) is 1.95. The van der Waals surface area contributed by atoms with Crippen molar-refractivity contribution in [2.45, 2.75) is 6.92 Å². The molecule has 0 atom stereocenters. The molecular weight excluding hydrogens is 780 g/mol. The Balaban J connectivity index is 0.00000348. The van der Waals surface area contributed by atoms with Gasteiger partial charge in [-0.1, -0.05) is 60.3 Å². The first-order chi connectivity index (χ1) is 24.3. The summed E-state index contributed by atoms with van der Waals surface area (Å²) in [4.78, 5) is 9.95. The molecule has 9 heteroatoms. The van der Waals surface area contributed by atoms with Crippen molar-refractivity contribution in [3.05, 3.63) is 133 Å². The Kier molecular flexibility index (Phi) is 5.63. The molecule has 0 unspecified atom stereocenters. The van der Waals surface area contributed by atoms with Gasteiger partial charge in [-0.05, 0) is 41.7 Å². The van der Waals surface area contributed by atoms with Crippen LogP contribution in [0.5, 0.6) is 11.5 Å². The minimum Gasteiger partial charge on any atom is -0.510 e. The molecule has 48 heavy (non-hydrogen) atoms. The normalized spacial score (nSPS) is 13.0. The van der Waals surface area contributed by atoms with Crippen LogP contribution in [0.4, 0.5) is 0 Å². The quantitative estimate of drug-likeness (QED) is 0.134. The Labute approximate surface area is 292 Å². The Morgan fingerprint density at radius 3 is 2.58 bits per heavy atom. The zero-order valence-corrected chi connectivity index (χ0v) is 27.5. The van der Waals surface area contributed by atoms with Gasteiger partial charge in [-0.15, -0.1) is 30.3 Å². The van der Waals surface area contributed by atoms with Gasteiger partial charge < -0.3 is 22.7 Å². The predicted octanol–water partition coefficient (Wildman–Crippen LogP) is 7.99. The topological polar surface area (TPSA) is 66.3 Å². The van der Waals surface area contributed by atoms with Crippen molar-refractivity contribution < 1.29 is 38.9 Å². The molecule has 0 aliphatic rings. The third kappa shape index (κ3) is 4.16. The average Bonchev–Trinajstić information content (AvgIpc) is 3.87. The number of nitrogens with zero attached hydrogens (tertiary/aromatic N) is 6. The average molecular weight is 807 g/mol. The smallest absolute Gasteiger partial charge is 0.242 e. The maximum Gasteiger partial charge on any atom is 0.242 e. The fourth-order valence-corrected chi connectivity index (χ4v) is 6.52. The molecule has 0 spiro atoms. The molecule has 10 aromatic rings. The Bertz CT molecular complexity index is 2990. The van der Waals surface area contributed by atoms with Crippen LogP contribution in [-0.2, 0) is 28.0 Å². The van der Waals surface area contributed by atoms with Crippen LogP contribution in [0.15, 0.2) is 114 Å². The molecular formula is C39H24N6O2Pt-2.